The van der Waals surface area contributed by atoms with Gasteiger partial charge in [-0.25, -0.2) is 4.39 Å². The Morgan fingerprint density at radius 3 is 2.23 bits per heavy atom. The number of hydrogen-bond acceptors (Lipinski definition) is 7. The van der Waals surface area contributed by atoms with Crippen molar-refractivity contribution in [3.8, 4) is 5.75 Å². The number of benzene rings is 2. The molecule has 5 N–H and O–H groups in total. The van der Waals surface area contributed by atoms with Gasteiger partial charge in [0.1, 0.15) is 11.6 Å². The Morgan fingerprint density at radius 2 is 1.56 bits per heavy atom. The van der Waals surface area contributed by atoms with Gasteiger partial charge in [-0.2, -0.15) is 0 Å². The number of nitrogens with one attached hydrogen (secondary N) is 4. The Bertz CT molecular complexity index is 1460. The number of rotatable bonds is 7. The Morgan fingerprint density at radius 1 is 0.907 bits per heavy atom. The van der Waals surface area contributed by atoms with Crippen LogP contribution in [0.3, 0.4) is 0 Å². The number of phenolic OH excluding ortho intramolecular Hbond substituents is 1. The summed E-state index contributed by atoms with van der Waals surface area (Å²) in [4.78, 5) is 43.1. The van der Waals surface area contributed by atoms with E-state index in [0.29, 0.717) is 29.7 Å². The summed E-state index contributed by atoms with van der Waals surface area (Å²) < 4.78 is 15.3. The minimum Gasteiger partial charge on any atom is -0.507 e. The zero-order valence-corrected chi connectivity index (χ0v) is 24.5. The number of piperidine rings is 1. The summed E-state index contributed by atoms with van der Waals surface area (Å²) in [5.74, 6) is -2.47. The Kier molecular flexibility index (Phi) is 9.17. The largest absolute Gasteiger partial charge is 0.507 e. The van der Waals surface area contributed by atoms with Crippen LogP contribution in [0, 0.1) is 11.2 Å². The molecular weight excluding hydrogens is 549 g/mol. The van der Waals surface area contributed by atoms with Crippen LogP contribution in [-0.4, -0.2) is 59.4 Å². The maximum atomic E-state index is 15.3. The van der Waals surface area contributed by atoms with Gasteiger partial charge < -0.3 is 26.4 Å². The molecule has 2 aliphatic heterocycles. The number of carbonyl (C=O) groups is 3. The van der Waals surface area contributed by atoms with Crippen molar-refractivity contribution in [2.45, 2.75) is 57.7 Å². The molecule has 2 saturated heterocycles. The van der Waals surface area contributed by atoms with Crippen molar-refractivity contribution in [1.29, 1.82) is 0 Å². The fourth-order valence-electron chi connectivity index (χ4n) is 6.08. The molecule has 2 amide bonds. The van der Waals surface area contributed by atoms with E-state index >= 15 is 4.39 Å². The maximum absolute atomic E-state index is 15.3. The second kappa shape index (κ2) is 13.0. The number of carbonyl (C=O) groups excluding carboxylic acids is 3. The molecule has 226 valence electrons. The van der Waals surface area contributed by atoms with Gasteiger partial charge in [0.05, 0.1) is 17.6 Å². The van der Waals surface area contributed by atoms with Crippen molar-refractivity contribution in [2.75, 3.05) is 19.6 Å². The summed E-state index contributed by atoms with van der Waals surface area (Å²) >= 11 is 0. The van der Waals surface area contributed by atoms with E-state index in [-0.39, 0.29) is 40.9 Å². The molecule has 3 atom stereocenters. The van der Waals surface area contributed by atoms with Gasteiger partial charge in [-0.05, 0) is 86.1 Å². The number of halogens is 1. The lowest BCUT2D eigenvalue weighted by Gasteiger charge is -2.40. The lowest BCUT2D eigenvalue weighted by atomic mass is 9.74. The van der Waals surface area contributed by atoms with Gasteiger partial charge in [0.2, 0.25) is 0 Å². The van der Waals surface area contributed by atoms with Gasteiger partial charge >= 0.3 is 0 Å². The average Bonchev–Trinajstić information content (AvgIpc) is 3.21. The zero-order chi connectivity index (χ0) is 30.6. The molecule has 2 fully saturated rings. The Hall–Kier alpha value is -4.15. The van der Waals surface area contributed by atoms with Crippen LogP contribution in [0.25, 0.3) is 0 Å². The Balaban J connectivity index is 1.27. The molecule has 0 saturated carbocycles. The standard InChI is InChI=1S/C33H38FN5O4/c1-33(2)12-4-14-37-30(33)23-17-24(34)28(27(40)18-23)29(41)20-6-8-21(9-7-20)31(42)38-25-5-3-13-36-19-26(25)39-32(43)22-10-15-35-16-11-22/h6-11,15-18,25-26,30,36-37,40H,3-5,12-14,19H2,1-2H3,(H,38,42)(H,39,43)/t25-,26+,30?/m0/s1. The summed E-state index contributed by atoms with van der Waals surface area (Å²) in [6, 6.07) is 11.2. The van der Waals surface area contributed by atoms with Crippen LogP contribution in [-0.2, 0) is 0 Å². The highest BCUT2D eigenvalue weighted by Crippen LogP contribution is 2.41. The first kappa shape index (κ1) is 30.3. The van der Waals surface area contributed by atoms with Gasteiger partial charge in [0.25, 0.3) is 11.8 Å². The number of pyridine rings is 1. The molecule has 0 bridgehead atoms. The van der Waals surface area contributed by atoms with E-state index in [1.807, 2.05) is 0 Å². The van der Waals surface area contributed by atoms with Crippen LogP contribution in [0.5, 0.6) is 5.75 Å². The van der Waals surface area contributed by atoms with Crippen molar-refractivity contribution in [3.05, 3.63) is 94.6 Å². The molecule has 1 aromatic heterocycles. The van der Waals surface area contributed by atoms with E-state index in [4.69, 9.17) is 0 Å². The minimum atomic E-state index is -0.785. The zero-order valence-electron chi connectivity index (χ0n) is 24.5. The second-order valence-corrected chi connectivity index (χ2v) is 12.0. The van der Waals surface area contributed by atoms with Gasteiger partial charge in [-0.15, -0.1) is 0 Å². The first-order chi connectivity index (χ1) is 20.6. The molecule has 1 unspecified atom stereocenters. The molecule has 43 heavy (non-hydrogen) atoms. The molecule has 2 aliphatic rings. The van der Waals surface area contributed by atoms with Crippen molar-refractivity contribution in [1.82, 2.24) is 26.3 Å². The van der Waals surface area contributed by atoms with Crippen LogP contribution in [0.4, 0.5) is 4.39 Å². The van der Waals surface area contributed by atoms with Crippen LogP contribution in [0.15, 0.2) is 60.9 Å². The predicted molar refractivity (Wildman–Crippen MR) is 161 cm³/mol. The number of hydrogen-bond donors (Lipinski definition) is 5. The number of amides is 2. The second-order valence-electron chi connectivity index (χ2n) is 12.0. The minimum absolute atomic E-state index is 0.127. The van der Waals surface area contributed by atoms with E-state index < -0.39 is 22.9 Å². The molecule has 0 radical (unpaired) electrons. The van der Waals surface area contributed by atoms with E-state index in [1.165, 1.54) is 36.4 Å². The summed E-state index contributed by atoms with van der Waals surface area (Å²) in [5.41, 5.74) is 1.03. The van der Waals surface area contributed by atoms with Gasteiger partial charge in [0.15, 0.2) is 5.78 Å². The molecule has 5 rings (SSSR count). The quantitative estimate of drug-likeness (QED) is 0.265. The van der Waals surface area contributed by atoms with E-state index in [0.717, 1.165) is 32.4 Å². The molecule has 2 aromatic carbocycles. The molecule has 9 nitrogen and oxygen atoms in total. The van der Waals surface area contributed by atoms with Crippen LogP contribution < -0.4 is 21.3 Å². The smallest absolute Gasteiger partial charge is 0.251 e. The fraction of sp³-hybridized carbons (Fsp3) is 0.394. The maximum Gasteiger partial charge on any atom is 0.251 e. The molecule has 0 spiro atoms. The molecule has 3 aromatic rings. The van der Waals surface area contributed by atoms with Gasteiger partial charge in [-0.3, -0.25) is 19.4 Å². The fourth-order valence-corrected chi connectivity index (χ4v) is 6.08. The molecular formula is C33H38FN5O4. The number of aromatic nitrogens is 1. The highest BCUT2D eigenvalue weighted by molar-refractivity contribution is 6.11. The third-order valence-corrected chi connectivity index (χ3v) is 8.48. The van der Waals surface area contributed by atoms with E-state index in [2.05, 4.69) is 40.1 Å². The molecule has 10 heteroatoms. The monoisotopic (exact) mass is 587 g/mol. The van der Waals surface area contributed by atoms with E-state index in [1.54, 1.807) is 24.5 Å². The summed E-state index contributed by atoms with van der Waals surface area (Å²) in [5, 5.41) is 23.5. The van der Waals surface area contributed by atoms with Crippen molar-refractivity contribution >= 4 is 17.6 Å². The van der Waals surface area contributed by atoms with Crippen LogP contribution >= 0.6 is 0 Å². The van der Waals surface area contributed by atoms with Crippen molar-refractivity contribution in [3.63, 3.8) is 0 Å². The summed E-state index contributed by atoms with van der Waals surface area (Å²) in [6.45, 7) is 6.26. The first-order valence-corrected chi connectivity index (χ1v) is 14.8. The van der Waals surface area contributed by atoms with Crippen LogP contribution in [0.2, 0.25) is 0 Å². The van der Waals surface area contributed by atoms with Crippen molar-refractivity contribution in [2.24, 2.45) is 5.41 Å². The lowest BCUT2D eigenvalue weighted by molar-refractivity contribution is 0.0882. The highest BCUT2D eigenvalue weighted by Gasteiger charge is 2.34. The average molecular weight is 588 g/mol. The van der Waals surface area contributed by atoms with Gasteiger partial charge in [-0.1, -0.05) is 26.0 Å². The molecule has 3 heterocycles. The number of nitrogens with zero attached hydrogens (tertiary/aromatic N) is 1. The van der Waals surface area contributed by atoms with Crippen LogP contribution in [0.1, 0.15) is 87.8 Å². The van der Waals surface area contributed by atoms with Crippen molar-refractivity contribution < 1.29 is 23.9 Å². The van der Waals surface area contributed by atoms with E-state index in [9.17, 15) is 19.5 Å². The normalized spacial score (nSPS) is 21.8. The van der Waals surface area contributed by atoms with Gasteiger partial charge in [0, 0.05) is 41.7 Å². The topological polar surface area (TPSA) is 132 Å². The number of aromatic hydroxyl groups is 1. The third kappa shape index (κ3) is 6.92. The predicted octanol–water partition coefficient (Wildman–Crippen LogP) is 3.89. The SMILES string of the molecule is CC1(C)CCCNC1c1cc(O)c(C(=O)c2ccc(C(=O)N[C@H]3CCCNC[C@H]3NC(=O)c3ccncc3)cc2)c(F)c1. The Labute approximate surface area is 250 Å². The number of ketones is 1. The lowest BCUT2D eigenvalue weighted by Crippen LogP contribution is -2.54. The summed E-state index contributed by atoms with van der Waals surface area (Å²) in [7, 11) is 0. The summed E-state index contributed by atoms with van der Waals surface area (Å²) in [6.07, 6.45) is 6.57. The molecule has 0 aliphatic carbocycles. The highest BCUT2D eigenvalue weighted by atomic mass is 19.1. The number of phenols is 1. The third-order valence-electron chi connectivity index (χ3n) is 8.48. The first-order valence-electron chi connectivity index (χ1n) is 14.8.